The van der Waals surface area contributed by atoms with Gasteiger partial charge in [0.2, 0.25) is 0 Å². The molecule has 6 heteroatoms. The summed E-state index contributed by atoms with van der Waals surface area (Å²) in [6.45, 7) is 0.604. The van der Waals surface area contributed by atoms with E-state index in [4.69, 9.17) is 16.6 Å². The van der Waals surface area contributed by atoms with E-state index in [9.17, 15) is 4.79 Å². The molecule has 12 heavy (non-hydrogen) atoms. The number of rotatable bonds is 5. The van der Waals surface area contributed by atoms with Crippen LogP contribution in [0.3, 0.4) is 0 Å². The van der Waals surface area contributed by atoms with E-state index >= 15 is 0 Å². The zero-order valence-corrected chi connectivity index (χ0v) is 8.37. The van der Waals surface area contributed by atoms with Crippen LogP contribution in [0.2, 0.25) is 0 Å². The quantitative estimate of drug-likeness (QED) is 0.461. The molecule has 0 fully saturated rings. The summed E-state index contributed by atoms with van der Waals surface area (Å²) in [6.07, 6.45) is 2.16. The summed E-state index contributed by atoms with van der Waals surface area (Å²) in [6, 6.07) is -0.716. The summed E-state index contributed by atoms with van der Waals surface area (Å²) in [7, 11) is 0. The molecule has 0 aromatic heterocycles. The fourth-order valence-electron chi connectivity index (χ4n) is 0.632. The van der Waals surface area contributed by atoms with Crippen LogP contribution in [0.15, 0.2) is 0 Å². The second kappa shape index (κ2) is 11.0. The lowest BCUT2D eigenvalue weighted by Gasteiger charge is -2.03. The standard InChI is InChI=1S/C6H14N2O2.2ClH/c7-4-2-1-3-5(8)6(9)10;;/h5H,1-4,7-8H2,(H,9,10);2*1H/i6+1;;. The molecule has 0 spiro atoms. The third kappa shape index (κ3) is 9.97. The minimum Gasteiger partial charge on any atom is -0.480 e. The van der Waals surface area contributed by atoms with Gasteiger partial charge in [-0.15, -0.1) is 24.8 Å². The number of carboxylic acids is 1. The second-order valence-corrected chi connectivity index (χ2v) is 2.23. The molecule has 0 bridgehead atoms. The Morgan fingerprint density at radius 1 is 1.33 bits per heavy atom. The lowest BCUT2D eigenvalue weighted by atomic mass is 10.2. The predicted molar refractivity (Wildman–Crippen MR) is 53.0 cm³/mol. The monoisotopic (exact) mass is 219 g/mol. The Bertz CT molecular complexity index is 114. The van der Waals surface area contributed by atoms with Gasteiger partial charge in [-0.25, -0.2) is 0 Å². The molecule has 0 aromatic rings. The van der Waals surface area contributed by atoms with Gasteiger partial charge >= 0.3 is 5.97 Å². The fourth-order valence-corrected chi connectivity index (χ4v) is 0.632. The van der Waals surface area contributed by atoms with Gasteiger partial charge < -0.3 is 16.6 Å². The molecule has 0 saturated heterocycles. The number of carboxylic acid groups (broad SMARTS) is 1. The highest BCUT2D eigenvalue weighted by Crippen LogP contribution is 1.96. The average Bonchev–Trinajstić information content (AvgIpc) is 1.88. The fraction of sp³-hybridized carbons (Fsp3) is 0.833. The molecule has 0 aliphatic heterocycles. The predicted octanol–water partition coefficient (Wildman–Crippen LogP) is 0.371. The van der Waals surface area contributed by atoms with E-state index in [-0.39, 0.29) is 24.8 Å². The number of halogens is 2. The Balaban J connectivity index is -0.000000405. The van der Waals surface area contributed by atoms with E-state index in [1.54, 1.807) is 0 Å². The molecule has 0 rings (SSSR count). The van der Waals surface area contributed by atoms with Crippen molar-refractivity contribution >= 4 is 30.8 Å². The highest BCUT2D eigenvalue weighted by Gasteiger charge is 2.09. The first kappa shape index (κ1) is 17.9. The average molecular weight is 220 g/mol. The molecular weight excluding hydrogens is 204 g/mol. The Morgan fingerprint density at radius 2 is 1.83 bits per heavy atom. The van der Waals surface area contributed by atoms with Crippen LogP contribution >= 0.6 is 24.8 Å². The molecular formula is C6H16Cl2N2O2. The van der Waals surface area contributed by atoms with E-state index < -0.39 is 12.0 Å². The van der Waals surface area contributed by atoms with Gasteiger partial charge in [0.05, 0.1) is 0 Å². The summed E-state index contributed by atoms with van der Waals surface area (Å²) >= 11 is 0. The molecule has 1 unspecified atom stereocenters. The molecule has 0 aliphatic rings. The molecule has 76 valence electrons. The van der Waals surface area contributed by atoms with Gasteiger partial charge in [-0.2, -0.15) is 0 Å². The van der Waals surface area contributed by atoms with Crippen molar-refractivity contribution in [3.05, 3.63) is 0 Å². The van der Waals surface area contributed by atoms with Crippen LogP contribution < -0.4 is 11.5 Å². The molecule has 1 atom stereocenters. The van der Waals surface area contributed by atoms with Crippen LogP contribution in [0.25, 0.3) is 0 Å². The minimum absolute atomic E-state index is 0. The Morgan fingerprint density at radius 3 is 2.17 bits per heavy atom. The molecule has 0 amide bonds. The lowest BCUT2D eigenvalue weighted by Crippen LogP contribution is -2.29. The van der Waals surface area contributed by atoms with Crippen LogP contribution in [-0.4, -0.2) is 23.7 Å². The molecule has 0 aliphatic carbocycles. The third-order valence-electron chi connectivity index (χ3n) is 1.29. The Kier molecular flexibility index (Phi) is 16.4. The van der Waals surface area contributed by atoms with Crippen LogP contribution in [0.5, 0.6) is 0 Å². The summed E-state index contributed by atoms with van der Waals surface area (Å²) in [4.78, 5) is 10.1. The highest BCUT2D eigenvalue weighted by atomic mass is 35.5. The molecule has 0 radical (unpaired) electrons. The van der Waals surface area contributed by atoms with Crippen LogP contribution in [0.1, 0.15) is 19.3 Å². The molecule has 0 heterocycles. The van der Waals surface area contributed by atoms with Crippen molar-refractivity contribution in [1.82, 2.24) is 0 Å². The van der Waals surface area contributed by atoms with Crippen LogP contribution in [0, 0.1) is 0 Å². The van der Waals surface area contributed by atoms with Crippen molar-refractivity contribution < 1.29 is 9.90 Å². The van der Waals surface area contributed by atoms with E-state index in [0.717, 1.165) is 12.8 Å². The van der Waals surface area contributed by atoms with Gasteiger partial charge in [0.1, 0.15) is 6.04 Å². The first-order valence-corrected chi connectivity index (χ1v) is 3.37. The lowest BCUT2D eigenvalue weighted by molar-refractivity contribution is -0.138. The largest absolute Gasteiger partial charge is 0.480 e. The van der Waals surface area contributed by atoms with Crippen LogP contribution in [0.4, 0.5) is 0 Å². The summed E-state index contributed by atoms with van der Waals surface area (Å²) in [5.74, 6) is -0.933. The van der Waals surface area contributed by atoms with E-state index in [2.05, 4.69) is 0 Å². The summed E-state index contributed by atoms with van der Waals surface area (Å²) in [5, 5.41) is 8.33. The molecule has 5 N–H and O–H groups in total. The number of hydrogen-bond donors (Lipinski definition) is 3. The number of hydrogen-bond acceptors (Lipinski definition) is 3. The van der Waals surface area contributed by atoms with Crippen molar-refractivity contribution in [2.75, 3.05) is 6.54 Å². The van der Waals surface area contributed by atoms with Gasteiger partial charge in [-0.05, 0) is 19.4 Å². The maximum atomic E-state index is 10.1. The van der Waals surface area contributed by atoms with E-state index in [1.807, 2.05) is 0 Å². The van der Waals surface area contributed by atoms with Gasteiger partial charge in [0.25, 0.3) is 0 Å². The maximum absolute atomic E-state index is 10.1. The topological polar surface area (TPSA) is 89.3 Å². The van der Waals surface area contributed by atoms with Crippen molar-refractivity contribution in [3.63, 3.8) is 0 Å². The summed E-state index contributed by atoms with van der Waals surface area (Å²) in [5.41, 5.74) is 10.4. The van der Waals surface area contributed by atoms with Gasteiger partial charge in [0, 0.05) is 0 Å². The van der Waals surface area contributed by atoms with Crippen LogP contribution in [-0.2, 0) is 4.79 Å². The third-order valence-corrected chi connectivity index (χ3v) is 1.29. The number of unbranched alkanes of at least 4 members (excludes halogenated alkanes) is 1. The molecule has 4 nitrogen and oxygen atoms in total. The Hall–Kier alpha value is -0.0300. The molecule has 0 saturated carbocycles. The minimum atomic E-state index is -0.933. The zero-order chi connectivity index (χ0) is 7.98. The van der Waals surface area contributed by atoms with E-state index in [0.29, 0.717) is 13.0 Å². The number of aliphatic carboxylic acids is 1. The first-order valence-electron chi connectivity index (χ1n) is 3.37. The maximum Gasteiger partial charge on any atom is 0.320 e. The SMILES string of the molecule is Cl.Cl.NCCCCC(N)[13C](=O)O. The van der Waals surface area contributed by atoms with Crippen molar-refractivity contribution in [2.24, 2.45) is 11.5 Å². The Labute approximate surface area is 84.5 Å². The normalized spacial score (nSPS) is 10.8. The molecule has 0 aromatic carbocycles. The summed E-state index contributed by atoms with van der Waals surface area (Å²) < 4.78 is 0. The van der Waals surface area contributed by atoms with Gasteiger partial charge in [-0.3, -0.25) is 4.79 Å². The zero-order valence-electron chi connectivity index (χ0n) is 6.73. The van der Waals surface area contributed by atoms with Gasteiger partial charge in [0.15, 0.2) is 0 Å². The smallest absolute Gasteiger partial charge is 0.320 e. The van der Waals surface area contributed by atoms with Gasteiger partial charge in [-0.1, -0.05) is 6.42 Å². The van der Waals surface area contributed by atoms with Crippen molar-refractivity contribution in [3.8, 4) is 0 Å². The highest BCUT2D eigenvalue weighted by molar-refractivity contribution is 5.85. The van der Waals surface area contributed by atoms with E-state index in [1.165, 1.54) is 0 Å². The van der Waals surface area contributed by atoms with Crippen molar-refractivity contribution in [1.29, 1.82) is 0 Å². The first-order chi connectivity index (χ1) is 4.68. The van der Waals surface area contributed by atoms with Crippen molar-refractivity contribution in [2.45, 2.75) is 25.3 Å². The second-order valence-electron chi connectivity index (χ2n) is 2.23. The number of carbonyl (C=O) groups is 1. The number of nitrogens with two attached hydrogens (primary N) is 2.